The lowest BCUT2D eigenvalue weighted by Gasteiger charge is -2.28. The monoisotopic (exact) mass is 183 g/mol. The highest BCUT2D eigenvalue weighted by molar-refractivity contribution is 5.91. The van der Waals surface area contributed by atoms with E-state index >= 15 is 0 Å². The molecule has 78 valence electrons. The molecule has 1 heteroatoms. The quantitative estimate of drug-likeness (QED) is 0.546. The van der Waals surface area contributed by atoms with Gasteiger partial charge in [0.1, 0.15) is 0 Å². The minimum absolute atomic E-state index is 0.0485. The molecule has 0 aliphatic heterocycles. The van der Waals surface area contributed by atoms with E-state index in [1.54, 1.807) is 0 Å². The summed E-state index contributed by atoms with van der Waals surface area (Å²) in [6, 6.07) is 0. The second-order valence-corrected chi connectivity index (χ2v) is 6.07. The van der Waals surface area contributed by atoms with Crippen LogP contribution in [0.3, 0.4) is 0 Å². The SMILES string of the molecule is CC(C)/C(=N\C(C)(C)C)C(C)(C)C. The molecule has 0 heterocycles. The molecule has 0 radical (unpaired) electrons. The Morgan fingerprint density at radius 3 is 1.38 bits per heavy atom. The average molecular weight is 183 g/mol. The number of rotatable bonds is 1. The highest BCUT2D eigenvalue weighted by atomic mass is 14.9. The molecule has 0 unspecified atom stereocenters. The summed E-state index contributed by atoms with van der Waals surface area (Å²) in [6.45, 7) is 17.6. The molecule has 0 aromatic rings. The molecule has 0 spiro atoms. The van der Waals surface area contributed by atoms with Crippen LogP contribution in [-0.2, 0) is 0 Å². The zero-order chi connectivity index (χ0) is 10.9. The summed E-state index contributed by atoms with van der Waals surface area (Å²) < 4.78 is 0. The van der Waals surface area contributed by atoms with E-state index in [1.165, 1.54) is 5.71 Å². The largest absolute Gasteiger partial charge is 0.288 e. The van der Waals surface area contributed by atoms with Crippen molar-refractivity contribution >= 4 is 5.71 Å². The highest BCUT2D eigenvalue weighted by Crippen LogP contribution is 2.24. The van der Waals surface area contributed by atoms with E-state index < -0.39 is 0 Å². The first kappa shape index (κ1) is 12.7. The van der Waals surface area contributed by atoms with Crippen LogP contribution in [0.5, 0.6) is 0 Å². The summed E-state index contributed by atoms with van der Waals surface area (Å²) in [5, 5.41) is 0. The maximum absolute atomic E-state index is 4.80. The van der Waals surface area contributed by atoms with Crippen LogP contribution in [0.4, 0.5) is 0 Å². The number of nitrogens with zero attached hydrogens (tertiary/aromatic N) is 1. The van der Waals surface area contributed by atoms with Crippen LogP contribution < -0.4 is 0 Å². The Hall–Kier alpha value is -0.330. The third kappa shape index (κ3) is 5.07. The molecule has 0 aromatic heterocycles. The average Bonchev–Trinajstić information content (AvgIpc) is 1.77. The first-order valence-corrected chi connectivity index (χ1v) is 5.14. The maximum Gasteiger partial charge on any atom is 0.0523 e. The van der Waals surface area contributed by atoms with E-state index in [0.717, 1.165) is 0 Å². The minimum Gasteiger partial charge on any atom is -0.288 e. The lowest BCUT2D eigenvalue weighted by atomic mass is 9.83. The van der Waals surface area contributed by atoms with Crippen molar-refractivity contribution in [3.05, 3.63) is 0 Å². The smallest absolute Gasteiger partial charge is 0.0523 e. The molecule has 0 saturated carbocycles. The van der Waals surface area contributed by atoms with Crippen molar-refractivity contribution in [3.8, 4) is 0 Å². The van der Waals surface area contributed by atoms with E-state index in [4.69, 9.17) is 4.99 Å². The second kappa shape index (κ2) is 3.81. The first-order valence-electron chi connectivity index (χ1n) is 5.14. The summed E-state index contributed by atoms with van der Waals surface area (Å²) >= 11 is 0. The lowest BCUT2D eigenvalue weighted by molar-refractivity contribution is 0.514. The van der Waals surface area contributed by atoms with Crippen molar-refractivity contribution in [2.24, 2.45) is 16.3 Å². The van der Waals surface area contributed by atoms with Gasteiger partial charge < -0.3 is 0 Å². The molecule has 13 heavy (non-hydrogen) atoms. The van der Waals surface area contributed by atoms with E-state index in [1.807, 2.05) is 0 Å². The molecule has 0 aromatic carbocycles. The predicted molar refractivity (Wildman–Crippen MR) is 61.5 cm³/mol. The number of aliphatic imine (C=N–C) groups is 1. The molecule has 1 nitrogen and oxygen atoms in total. The van der Waals surface area contributed by atoms with Crippen molar-refractivity contribution < 1.29 is 0 Å². The van der Waals surface area contributed by atoms with Crippen LogP contribution in [0.2, 0.25) is 0 Å². The van der Waals surface area contributed by atoms with Gasteiger partial charge in [-0.05, 0) is 26.7 Å². The fraction of sp³-hybridized carbons (Fsp3) is 0.917. The zero-order valence-electron chi connectivity index (χ0n) is 10.5. The highest BCUT2D eigenvalue weighted by Gasteiger charge is 2.23. The Balaban J connectivity index is 4.95. The Morgan fingerprint density at radius 2 is 1.31 bits per heavy atom. The van der Waals surface area contributed by atoms with Crippen molar-refractivity contribution in [3.63, 3.8) is 0 Å². The number of hydrogen-bond acceptors (Lipinski definition) is 1. The molecule has 0 saturated heterocycles. The van der Waals surface area contributed by atoms with Crippen LogP contribution in [0.15, 0.2) is 4.99 Å². The van der Waals surface area contributed by atoms with E-state index in [0.29, 0.717) is 5.92 Å². The molecule has 0 bridgehead atoms. The molecule has 0 atom stereocenters. The lowest BCUT2D eigenvalue weighted by Crippen LogP contribution is -2.29. The molecule has 0 rings (SSSR count). The molecule has 0 fully saturated rings. The summed E-state index contributed by atoms with van der Waals surface area (Å²) in [5.41, 5.74) is 1.56. The van der Waals surface area contributed by atoms with E-state index in [-0.39, 0.29) is 11.0 Å². The van der Waals surface area contributed by atoms with Crippen molar-refractivity contribution in [2.45, 2.75) is 60.9 Å². The fourth-order valence-corrected chi connectivity index (χ4v) is 1.52. The molecule has 0 amide bonds. The third-order valence-electron chi connectivity index (χ3n) is 1.77. The van der Waals surface area contributed by atoms with Crippen LogP contribution >= 0.6 is 0 Å². The van der Waals surface area contributed by atoms with Crippen molar-refractivity contribution in [1.82, 2.24) is 0 Å². The van der Waals surface area contributed by atoms with Crippen LogP contribution in [-0.4, -0.2) is 11.3 Å². The minimum atomic E-state index is 0.0485. The van der Waals surface area contributed by atoms with Crippen LogP contribution in [0.25, 0.3) is 0 Å². The van der Waals surface area contributed by atoms with Crippen molar-refractivity contribution in [1.29, 1.82) is 0 Å². The topological polar surface area (TPSA) is 12.4 Å². The van der Waals surface area contributed by atoms with Gasteiger partial charge in [-0.15, -0.1) is 0 Å². The summed E-state index contributed by atoms with van der Waals surface area (Å²) in [7, 11) is 0. The van der Waals surface area contributed by atoms with Crippen LogP contribution in [0, 0.1) is 11.3 Å². The maximum atomic E-state index is 4.80. The van der Waals surface area contributed by atoms with Crippen molar-refractivity contribution in [2.75, 3.05) is 0 Å². The van der Waals surface area contributed by atoms with E-state index in [2.05, 4.69) is 55.4 Å². The Kier molecular flexibility index (Phi) is 3.71. The van der Waals surface area contributed by atoms with Gasteiger partial charge in [0.25, 0.3) is 0 Å². The summed E-state index contributed by atoms with van der Waals surface area (Å²) in [4.78, 5) is 4.80. The van der Waals surface area contributed by atoms with Gasteiger partial charge >= 0.3 is 0 Å². The molecule has 0 N–H and O–H groups in total. The standard InChI is InChI=1S/C12H25N/c1-9(2)10(11(3,4)5)13-12(6,7)8/h9H,1-8H3/b13-10+. The normalized spacial score (nSPS) is 15.3. The Labute approximate surface area is 83.6 Å². The van der Waals surface area contributed by atoms with E-state index in [9.17, 15) is 0 Å². The zero-order valence-corrected chi connectivity index (χ0v) is 10.5. The summed E-state index contributed by atoms with van der Waals surface area (Å²) in [6.07, 6.45) is 0. The number of hydrogen-bond donors (Lipinski definition) is 0. The first-order chi connectivity index (χ1) is 5.54. The Bertz CT molecular complexity index is 186. The van der Waals surface area contributed by atoms with Gasteiger partial charge in [0.2, 0.25) is 0 Å². The summed E-state index contributed by atoms with van der Waals surface area (Å²) in [5.74, 6) is 0.541. The van der Waals surface area contributed by atoms with Gasteiger partial charge in [-0.3, -0.25) is 4.99 Å². The third-order valence-corrected chi connectivity index (χ3v) is 1.77. The van der Waals surface area contributed by atoms with Gasteiger partial charge in [-0.25, -0.2) is 0 Å². The van der Waals surface area contributed by atoms with Gasteiger partial charge in [0.05, 0.1) is 5.54 Å². The molecule has 0 aliphatic carbocycles. The van der Waals surface area contributed by atoms with Gasteiger partial charge in [-0.2, -0.15) is 0 Å². The molecule has 0 aliphatic rings. The second-order valence-electron chi connectivity index (χ2n) is 6.07. The molecular weight excluding hydrogens is 158 g/mol. The van der Waals surface area contributed by atoms with Gasteiger partial charge in [0.15, 0.2) is 0 Å². The van der Waals surface area contributed by atoms with Gasteiger partial charge in [-0.1, -0.05) is 34.6 Å². The Morgan fingerprint density at radius 1 is 0.923 bits per heavy atom. The fourth-order valence-electron chi connectivity index (χ4n) is 1.52. The van der Waals surface area contributed by atoms with Gasteiger partial charge in [0, 0.05) is 11.1 Å². The van der Waals surface area contributed by atoms with Crippen LogP contribution in [0.1, 0.15) is 55.4 Å². The molecular formula is C12H25N. The predicted octanol–water partition coefficient (Wildman–Crippen LogP) is 3.93.